The van der Waals surface area contributed by atoms with Crippen molar-refractivity contribution in [1.82, 2.24) is 14.6 Å². The molecule has 4 aromatic rings. The van der Waals surface area contributed by atoms with Gasteiger partial charge in [-0.3, -0.25) is 4.79 Å². The van der Waals surface area contributed by atoms with Crippen LogP contribution < -0.4 is 5.32 Å². The van der Waals surface area contributed by atoms with E-state index < -0.39 is 32.7 Å². The number of para-hydroxylation sites is 1. The first kappa shape index (κ1) is 22.3. The van der Waals surface area contributed by atoms with Crippen molar-refractivity contribution in [1.29, 1.82) is 0 Å². The van der Waals surface area contributed by atoms with Gasteiger partial charge in [0, 0.05) is 30.2 Å². The van der Waals surface area contributed by atoms with Gasteiger partial charge in [0.1, 0.15) is 16.8 Å². The van der Waals surface area contributed by atoms with Gasteiger partial charge >= 0.3 is 0 Å². The number of hydrogen-bond donors (Lipinski definition) is 2. The monoisotopic (exact) mass is 477 g/mol. The molecule has 0 saturated carbocycles. The summed E-state index contributed by atoms with van der Waals surface area (Å²) in [5, 5.41) is 3.99. The van der Waals surface area contributed by atoms with Crippen LogP contribution in [0.25, 0.3) is 10.9 Å². The number of benzene rings is 3. The number of amides is 1. The zero-order valence-electron chi connectivity index (χ0n) is 18.4. The molecular weight excluding hydrogens is 453 g/mol. The van der Waals surface area contributed by atoms with Gasteiger partial charge in [0.2, 0.25) is 15.9 Å². The summed E-state index contributed by atoms with van der Waals surface area (Å²) in [4.78, 5) is 16.0. The number of aromatic nitrogens is 1. The molecule has 0 aliphatic carbocycles. The highest BCUT2D eigenvalue weighted by Crippen LogP contribution is 2.30. The number of nitrogens with one attached hydrogen (secondary N) is 2. The quantitative estimate of drug-likeness (QED) is 0.443. The molecular formula is C26H24FN3O3S. The van der Waals surface area contributed by atoms with Crippen LogP contribution in [0.5, 0.6) is 0 Å². The first-order valence-corrected chi connectivity index (χ1v) is 12.5. The van der Waals surface area contributed by atoms with Crippen molar-refractivity contribution in [3.63, 3.8) is 0 Å². The minimum atomic E-state index is -4.23. The van der Waals surface area contributed by atoms with Crippen LogP contribution in [0.3, 0.4) is 0 Å². The molecule has 2 N–H and O–H groups in total. The lowest BCUT2D eigenvalue weighted by Gasteiger charge is -2.35. The SMILES string of the molecule is O=C(NCCc1c[nH]c2ccccc12)[C@@H]1Cc2ccccc2CN1S(=O)(=O)c1ccccc1F. The second-order valence-corrected chi connectivity index (χ2v) is 10.2. The highest BCUT2D eigenvalue weighted by Gasteiger charge is 2.40. The van der Waals surface area contributed by atoms with Gasteiger partial charge in [-0.15, -0.1) is 0 Å². The summed E-state index contributed by atoms with van der Waals surface area (Å²) < 4.78 is 42.4. The van der Waals surface area contributed by atoms with E-state index in [0.717, 1.165) is 38.0 Å². The summed E-state index contributed by atoms with van der Waals surface area (Å²) in [6.07, 6.45) is 2.74. The molecule has 0 fully saturated rings. The minimum Gasteiger partial charge on any atom is -0.361 e. The molecule has 1 atom stereocenters. The summed E-state index contributed by atoms with van der Waals surface area (Å²) in [5.41, 5.74) is 3.82. The highest BCUT2D eigenvalue weighted by molar-refractivity contribution is 7.89. The predicted octanol–water partition coefficient (Wildman–Crippen LogP) is 3.78. The van der Waals surface area contributed by atoms with Crippen LogP contribution in [0.15, 0.2) is 83.9 Å². The lowest BCUT2D eigenvalue weighted by atomic mass is 9.95. The maximum atomic E-state index is 14.4. The number of fused-ring (bicyclic) bond motifs is 2. The van der Waals surface area contributed by atoms with Crippen molar-refractivity contribution in [2.45, 2.75) is 30.3 Å². The van der Waals surface area contributed by atoms with Crippen molar-refractivity contribution in [2.75, 3.05) is 6.54 Å². The van der Waals surface area contributed by atoms with Crippen LogP contribution in [0.1, 0.15) is 16.7 Å². The molecule has 0 spiro atoms. The lowest BCUT2D eigenvalue weighted by molar-refractivity contribution is -0.125. The molecule has 0 saturated heterocycles. The average Bonchev–Trinajstić information content (AvgIpc) is 3.26. The number of aromatic amines is 1. The summed E-state index contributed by atoms with van der Waals surface area (Å²) in [6.45, 7) is 0.361. The molecule has 0 radical (unpaired) electrons. The van der Waals surface area contributed by atoms with E-state index >= 15 is 0 Å². The summed E-state index contributed by atoms with van der Waals surface area (Å²) in [7, 11) is -4.23. The van der Waals surface area contributed by atoms with E-state index in [2.05, 4.69) is 10.3 Å². The fraction of sp³-hybridized carbons (Fsp3) is 0.192. The number of halogens is 1. The third kappa shape index (κ3) is 4.10. The zero-order chi connectivity index (χ0) is 23.7. The maximum absolute atomic E-state index is 14.4. The largest absolute Gasteiger partial charge is 0.361 e. The van der Waals surface area contributed by atoms with E-state index in [9.17, 15) is 17.6 Å². The van der Waals surface area contributed by atoms with Crippen molar-refractivity contribution in [3.05, 3.63) is 102 Å². The van der Waals surface area contributed by atoms with Crippen LogP contribution in [0, 0.1) is 5.82 Å². The van der Waals surface area contributed by atoms with Crippen molar-refractivity contribution < 1.29 is 17.6 Å². The smallest absolute Gasteiger partial charge is 0.247 e. The number of nitrogens with zero attached hydrogens (tertiary/aromatic N) is 1. The minimum absolute atomic E-state index is 0.00732. The molecule has 1 aliphatic heterocycles. The van der Waals surface area contributed by atoms with Crippen molar-refractivity contribution in [2.24, 2.45) is 0 Å². The summed E-state index contributed by atoms with van der Waals surface area (Å²) in [5.74, 6) is -1.23. The number of carbonyl (C=O) groups excluding carboxylic acids is 1. The molecule has 0 unspecified atom stereocenters. The number of carbonyl (C=O) groups is 1. The van der Waals surface area contributed by atoms with Gasteiger partial charge < -0.3 is 10.3 Å². The van der Waals surface area contributed by atoms with E-state index in [-0.39, 0.29) is 13.0 Å². The Balaban J connectivity index is 1.39. The van der Waals surface area contributed by atoms with E-state index in [0.29, 0.717) is 13.0 Å². The zero-order valence-corrected chi connectivity index (χ0v) is 19.2. The number of H-pyrrole nitrogens is 1. The number of sulfonamides is 1. The average molecular weight is 478 g/mol. The second kappa shape index (κ2) is 9.04. The Bertz CT molecular complexity index is 1460. The number of hydrogen-bond acceptors (Lipinski definition) is 3. The van der Waals surface area contributed by atoms with Crippen molar-refractivity contribution in [3.8, 4) is 0 Å². The summed E-state index contributed by atoms with van der Waals surface area (Å²) >= 11 is 0. The fourth-order valence-corrected chi connectivity index (χ4v) is 6.16. The molecule has 1 aliphatic rings. The predicted molar refractivity (Wildman–Crippen MR) is 128 cm³/mol. The molecule has 5 rings (SSSR count). The first-order valence-electron chi connectivity index (χ1n) is 11.1. The number of rotatable bonds is 6. The lowest BCUT2D eigenvalue weighted by Crippen LogP contribution is -2.52. The molecule has 174 valence electrons. The van der Waals surface area contributed by atoms with Gasteiger partial charge in [-0.2, -0.15) is 4.31 Å². The Morgan fingerprint density at radius 1 is 1.00 bits per heavy atom. The van der Waals surface area contributed by atoms with Gasteiger partial charge in [0.15, 0.2) is 0 Å². The van der Waals surface area contributed by atoms with Crippen LogP contribution in [-0.2, 0) is 34.2 Å². The van der Waals surface area contributed by atoms with Gasteiger partial charge in [-0.25, -0.2) is 12.8 Å². The standard InChI is InChI=1S/C26H24FN3O3S/c27-22-10-4-6-12-25(22)34(32,33)30-17-20-8-2-1-7-18(20)15-24(30)26(31)28-14-13-19-16-29-23-11-5-3-9-21(19)23/h1-12,16,24,29H,13-15,17H2,(H,28,31)/t24-/m0/s1. The third-order valence-corrected chi connectivity index (χ3v) is 8.19. The maximum Gasteiger partial charge on any atom is 0.247 e. The Labute approximate surface area is 197 Å². The van der Waals surface area contributed by atoms with E-state index in [1.807, 2.05) is 54.7 Å². The van der Waals surface area contributed by atoms with Gasteiger partial charge in [-0.05, 0) is 47.7 Å². The molecule has 3 aromatic carbocycles. The topological polar surface area (TPSA) is 82.3 Å². The Morgan fingerprint density at radius 2 is 1.71 bits per heavy atom. The van der Waals surface area contributed by atoms with Gasteiger partial charge in [0.25, 0.3) is 0 Å². The van der Waals surface area contributed by atoms with E-state index in [1.54, 1.807) is 0 Å². The van der Waals surface area contributed by atoms with Crippen LogP contribution in [0.4, 0.5) is 4.39 Å². The first-order chi connectivity index (χ1) is 16.4. The van der Waals surface area contributed by atoms with E-state index in [1.165, 1.54) is 18.2 Å². The highest BCUT2D eigenvalue weighted by atomic mass is 32.2. The molecule has 0 bridgehead atoms. The van der Waals surface area contributed by atoms with E-state index in [4.69, 9.17) is 0 Å². The molecule has 1 amide bonds. The molecule has 34 heavy (non-hydrogen) atoms. The van der Waals surface area contributed by atoms with Crippen LogP contribution in [0.2, 0.25) is 0 Å². The fourth-order valence-electron chi connectivity index (χ4n) is 4.53. The third-order valence-electron chi connectivity index (χ3n) is 6.30. The Morgan fingerprint density at radius 3 is 2.53 bits per heavy atom. The summed E-state index contributed by atoms with van der Waals surface area (Å²) in [6, 6.07) is 19.6. The molecule has 1 aromatic heterocycles. The van der Waals surface area contributed by atoms with Crippen LogP contribution in [-0.4, -0.2) is 36.2 Å². The molecule has 2 heterocycles. The van der Waals surface area contributed by atoms with Gasteiger partial charge in [0.05, 0.1) is 0 Å². The van der Waals surface area contributed by atoms with Crippen LogP contribution >= 0.6 is 0 Å². The Kier molecular flexibility index (Phi) is 5.93. The molecule has 6 nitrogen and oxygen atoms in total. The normalized spacial score (nSPS) is 16.3. The Hall–Kier alpha value is -3.49. The van der Waals surface area contributed by atoms with Gasteiger partial charge in [-0.1, -0.05) is 54.6 Å². The molecule has 8 heteroatoms. The van der Waals surface area contributed by atoms with Crippen molar-refractivity contribution >= 4 is 26.8 Å². The second-order valence-electron chi connectivity index (χ2n) is 8.37.